The number of amides is 1. The van der Waals surface area contributed by atoms with Crippen molar-refractivity contribution in [2.45, 2.75) is 6.54 Å². The van der Waals surface area contributed by atoms with Gasteiger partial charge in [0.1, 0.15) is 11.5 Å². The molecule has 0 aliphatic rings. The third kappa shape index (κ3) is 4.08. The highest BCUT2D eigenvalue weighted by molar-refractivity contribution is 7.18. The van der Waals surface area contributed by atoms with Gasteiger partial charge in [0.2, 0.25) is 0 Å². The molecule has 1 rings (SSSR count). The summed E-state index contributed by atoms with van der Waals surface area (Å²) in [6.45, 7) is 3.64. The van der Waals surface area contributed by atoms with E-state index in [-0.39, 0.29) is 18.0 Å². The largest absolute Gasteiger partial charge is 0.477 e. The zero-order valence-corrected chi connectivity index (χ0v) is 10.3. The van der Waals surface area contributed by atoms with Crippen molar-refractivity contribution in [2.24, 2.45) is 0 Å². The van der Waals surface area contributed by atoms with Gasteiger partial charge in [-0.3, -0.25) is 0 Å². The quantitative estimate of drug-likeness (QED) is 0.810. The van der Waals surface area contributed by atoms with E-state index in [2.05, 4.69) is 16.6 Å². The second-order valence-electron chi connectivity index (χ2n) is 2.96. The molecule has 0 aromatic carbocycles. The van der Waals surface area contributed by atoms with Crippen molar-refractivity contribution < 1.29 is 19.4 Å². The van der Waals surface area contributed by atoms with Crippen molar-refractivity contribution in [2.75, 3.05) is 6.61 Å². The van der Waals surface area contributed by atoms with Crippen molar-refractivity contribution in [1.82, 2.24) is 5.32 Å². The van der Waals surface area contributed by atoms with Gasteiger partial charge in [-0.05, 0) is 6.07 Å². The number of hydrogen-bond acceptors (Lipinski definition) is 4. The first-order chi connectivity index (χ1) is 8.04. The normalized spacial score (nSPS) is 9.71. The monoisotopic (exact) mass is 275 g/mol. The molecule has 1 aromatic heterocycles. The molecule has 0 saturated carbocycles. The van der Waals surface area contributed by atoms with Crippen LogP contribution in [-0.2, 0) is 11.3 Å². The van der Waals surface area contributed by atoms with Crippen molar-refractivity contribution in [1.29, 1.82) is 0 Å². The molecule has 0 aliphatic heterocycles. The average molecular weight is 276 g/mol. The molecule has 0 radical (unpaired) electrons. The van der Waals surface area contributed by atoms with Crippen molar-refractivity contribution >= 4 is 35.0 Å². The Labute approximate surface area is 107 Å². The molecule has 0 bridgehead atoms. The number of aromatic carboxylic acids is 1. The maximum Gasteiger partial charge on any atom is 0.407 e. The number of halogens is 1. The average Bonchev–Trinajstić information content (AvgIpc) is 2.65. The molecule has 0 saturated heterocycles. The fourth-order valence-electron chi connectivity index (χ4n) is 0.985. The molecular weight excluding hydrogens is 266 g/mol. The van der Waals surface area contributed by atoms with Crippen LogP contribution in [0.15, 0.2) is 18.7 Å². The Morgan fingerprint density at radius 3 is 2.88 bits per heavy atom. The molecule has 92 valence electrons. The third-order valence-corrected chi connectivity index (χ3v) is 3.15. The first-order valence-corrected chi connectivity index (χ1v) is 5.77. The molecule has 1 amide bonds. The highest BCUT2D eigenvalue weighted by atomic mass is 35.5. The number of nitrogens with one attached hydrogen (secondary N) is 1. The molecule has 2 N–H and O–H groups in total. The van der Waals surface area contributed by atoms with Gasteiger partial charge in [0.05, 0.1) is 4.34 Å². The van der Waals surface area contributed by atoms with Crippen LogP contribution in [0.2, 0.25) is 4.34 Å². The van der Waals surface area contributed by atoms with Gasteiger partial charge in [-0.15, -0.1) is 11.3 Å². The fraction of sp³-hybridized carbons (Fsp3) is 0.200. The van der Waals surface area contributed by atoms with Gasteiger partial charge in [-0.2, -0.15) is 0 Å². The number of alkyl carbamates (subject to hydrolysis) is 1. The number of carbonyl (C=O) groups excluding carboxylic acids is 1. The first kappa shape index (κ1) is 13.5. The lowest BCUT2D eigenvalue weighted by atomic mass is 10.3. The molecule has 7 heteroatoms. The number of carbonyl (C=O) groups is 2. The maximum absolute atomic E-state index is 11.1. The number of rotatable bonds is 5. The predicted molar refractivity (Wildman–Crippen MR) is 64.7 cm³/mol. The maximum atomic E-state index is 11.1. The van der Waals surface area contributed by atoms with Gasteiger partial charge >= 0.3 is 12.1 Å². The van der Waals surface area contributed by atoms with E-state index in [9.17, 15) is 9.59 Å². The summed E-state index contributed by atoms with van der Waals surface area (Å²) in [5, 5.41) is 11.2. The zero-order chi connectivity index (χ0) is 12.8. The van der Waals surface area contributed by atoms with Crippen LogP contribution in [0.5, 0.6) is 0 Å². The minimum absolute atomic E-state index is 0.115. The molecule has 1 aromatic rings. The molecule has 5 nitrogen and oxygen atoms in total. The molecule has 17 heavy (non-hydrogen) atoms. The van der Waals surface area contributed by atoms with E-state index in [4.69, 9.17) is 16.7 Å². The second-order valence-corrected chi connectivity index (χ2v) is 4.61. The van der Waals surface area contributed by atoms with Crippen molar-refractivity contribution in [3.8, 4) is 0 Å². The fourth-order valence-corrected chi connectivity index (χ4v) is 2.10. The molecule has 0 aliphatic carbocycles. The lowest BCUT2D eigenvalue weighted by molar-refractivity contribution is 0.0702. The lowest BCUT2D eigenvalue weighted by Crippen LogP contribution is -2.23. The van der Waals surface area contributed by atoms with E-state index in [1.165, 1.54) is 12.1 Å². The summed E-state index contributed by atoms with van der Waals surface area (Å²) in [7, 11) is 0. The summed E-state index contributed by atoms with van der Waals surface area (Å²) in [4.78, 5) is 21.9. The minimum atomic E-state index is -1.04. The van der Waals surface area contributed by atoms with E-state index < -0.39 is 12.1 Å². The summed E-state index contributed by atoms with van der Waals surface area (Å²) in [5.74, 6) is -1.04. The minimum Gasteiger partial charge on any atom is -0.477 e. The molecule has 0 unspecified atom stereocenters. The molecule has 0 fully saturated rings. The van der Waals surface area contributed by atoms with Crippen LogP contribution < -0.4 is 5.32 Å². The van der Waals surface area contributed by atoms with Gasteiger partial charge in [0, 0.05) is 12.1 Å². The van der Waals surface area contributed by atoms with Crippen LogP contribution in [0.4, 0.5) is 4.79 Å². The number of carboxylic acids is 1. The number of carboxylic acid groups (broad SMARTS) is 1. The number of hydrogen-bond donors (Lipinski definition) is 2. The van der Waals surface area contributed by atoms with E-state index in [0.717, 1.165) is 11.3 Å². The molecule has 0 atom stereocenters. The highest BCUT2D eigenvalue weighted by Gasteiger charge is 2.13. The Balaban J connectivity index is 2.54. The third-order valence-electron chi connectivity index (χ3n) is 1.72. The standard InChI is InChI=1S/C10H10ClNO4S/c1-2-3-16-10(15)12-5-6-4-7(9(13)14)17-8(6)11/h2,4H,1,3,5H2,(H,12,15)(H,13,14). The van der Waals surface area contributed by atoms with Crippen molar-refractivity contribution in [3.05, 3.63) is 33.5 Å². The summed E-state index contributed by atoms with van der Waals surface area (Å²) in [5.41, 5.74) is 0.546. The summed E-state index contributed by atoms with van der Waals surface area (Å²) in [6.07, 6.45) is 0.837. The first-order valence-electron chi connectivity index (χ1n) is 4.57. The Morgan fingerprint density at radius 1 is 1.65 bits per heavy atom. The van der Waals surface area contributed by atoms with E-state index in [1.54, 1.807) is 0 Å². The summed E-state index contributed by atoms with van der Waals surface area (Å²) in [6, 6.07) is 1.42. The van der Waals surface area contributed by atoms with Gasteiger partial charge in [-0.25, -0.2) is 9.59 Å². The van der Waals surface area contributed by atoms with Crippen LogP contribution in [0.25, 0.3) is 0 Å². The molecule has 0 spiro atoms. The zero-order valence-electron chi connectivity index (χ0n) is 8.73. The van der Waals surface area contributed by atoms with Crippen LogP contribution in [0.1, 0.15) is 15.2 Å². The van der Waals surface area contributed by atoms with E-state index in [1.807, 2.05) is 0 Å². The number of ether oxygens (including phenoxy) is 1. The number of thiophene rings is 1. The molecule has 1 heterocycles. The summed E-state index contributed by atoms with van der Waals surface area (Å²) >= 11 is 6.77. The van der Waals surface area contributed by atoms with Gasteiger partial charge in [0.15, 0.2) is 0 Å². The van der Waals surface area contributed by atoms with E-state index >= 15 is 0 Å². The Morgan fingerprint density at radius 2 is 2.35 bits per heavy atom. The smallest absolute Gasteiger partial charge is 0.407 e. The van der Waals surface area contributed by atoms with E-state index in [0.29, 0.717) is 9.90 Å². The van der Waals surface area contributed by atoms with Gasteiger partial charge < -0.3 is 15.2 Å². The van der Waals surface area contributed by atoms with Crippen LogP contribution in [-0.4, -0.2) is 23.8 Å². The summed E-state index contributed by atoms with van der Waals surface area (Å²) < 4.78 is 5.02. The highest BCUT2D eigenvalue weighted by Crippen LogP contribution is 2.27. The molecular formula is C10H10ClNO4S. The Kier molecular flexibility index (Phi) is 4.99. The Hall–Kier alpha value is -1.53. The predicted octanol–water partition coefficient (Wildman–Crippen LogP) is 2.51. The van der Waals surface area contributed by atoms with Crippen molar-refractivity contribution in [3.63, 3.8) is 0 Å². The van der Waals surface area contributed by atoms with Crippen LogP contribution in [0, 0.1) is 0 Å². The van der Waals surface area contributed by atoms with Gasteiger partial charge in [-0.1, -0.05) is 24.3 Å². The topological polar surface area (TPSA) is 75.6 Å². The SMILES string of the molecule is C=CCOC(=O)NCc1cc(C(=O)O)sc1Cl. The van der Waals surface area contributed by atoms with Gasteiger partial charge in [0.25, 0.3) is 0 Å². The lowest BCUT2D eigenvalue weighted by Gasteiger charge is -2.03. The van der Waals surface area contributed by atoms with Crippen LogP contribution >= 0.6 is 22.9 Å². The Bertz CT molecular complexity index is 444. The van der Waals surface area contributed by atoms with Crippen LogP contribution in [0.3, 0.4) is 0 Å². The second kappa shape index (κ2) is 6.27.